The zero-order valence-corrected chi connectivity index (χ0v) is 9.58. The maximum Gasteiger partial charge on any atom is 0.297 e. The van der Waals surface area contributed by atoms with Crippen LogP contribution in [-0.2, 0) is 14.3 Å². The minimum Gasteiger partial charge on any atom is -0.388 e. The predicted octanol–water partition coefficient (Wildman–Crippen LogP) is 1.03. The molecule has 0 aliphatic heterocycles. The number of halogens is 1. The second-order valence-electron chi connectivity index (χ2n) is 3.36. The van der Waals surface area contributed by atoms with E-state index in [9.17, 15) is 12.8 Å². The van der Waals surface area contributed by atoms with Crippen LogP contribution >= 0.6 is 0 Å². The van der Waals surface area contributed by atoms with E-state index in [0.717, 1.165) is 5.56 Å². The van der Waals surface area contributed by atoms with E-state index in [2.05, 4.69) is 4.18 Å². The third kappa shape index (κ3) is 3.55. The number of aryl methyl sites for hydroxylation is 1. The van der Waals surface area contributed by atoms with Gasteiger partial charge in [-0.25, -0.2) is 4.39 Å². The van der Waals surface area contributed by atoms with Gasteiger partial charge in [-0.05, 0) is 19.1 Å². The molecule has 0 aliphatic rings. The molecule has 0 radical (unpaired) electrons. The molecule has 1 aromatic carbocycles. The molecule has 16 heavy (non-hydrogen) atoms. The van der Waals surface area contributed by atoms with Gasteiger partial charge in [-0.3, -0.25) is 4.18 Å². The Morgan fingerprint density at radius 1 is 1.38 bits per heavy atom. The fourth-order valence-electron chi connectivity index (χ4n) is 0.986. The Labute approximate surface area is 93.8 Å². The van der Waals surface area contributed by atoms with Gasteiger partial charge >= 0.3 is 0 Å². The fraction of sp³-hybridized carbons (Fsp3) is 0.400. The van der Waals surface area contributed by atoms with Crippen molar-refractivity contribution in [3.05, 3.63) is 29.8 Å². The highest BCUT2D eigenvalue weighted by Gasteiger charge is 2.16. The lowest BCUT2D eigenvalue weighted by Crippen LogP contribution is -2.20. The van der Waals surface area contributed by atoms with Crippen LogP contribution in [0, 0.1) is 6.92 Å². The van der Waals surface area contributed by atoms with Crippen LogP contribution < -0.4 is 0 Å². The lowest BCUT2D eigenvalue weighted by molar-refractivity contribution is 0.0868. The van der Waals surface area contributed by atoms with Crippen LogP contribution in [0.1, 0.15) is 5.56 Å². The van der Waals surface area contributed by atoms with Crippen molar-refractivity contribution in [2.24, 2.45) is 0 Å². The first-order valence-corrected chi connectivity index (χ1v) is 6.06. The molecule has 1 N–H and O–H groups in total. The standard InChI is InChI=1S/C10H13FO4S/c1-8-2-4-10(5-3-8)16(13,14)15-7-9(12)6-11/h2-5,9,12H,6-7H2,1H3. The minimum atomic E-state index is -3.91. The molecule has 0 saturated carbocycles. The zero-order chi connectivity index (χ0) is 12.2. The van der Waals surface area contributed by atoms with E-state index >= 15 is 0 Å². The van der Waals surface area contributed by atoms with E-state index in [1.807, 2.05) is 6.92 Å². The lowest BCUT2D eigenvalue weighted by atomic mass is 10.2. The summed E-state index contributed by atoms with van der Waals surface area (Å²) in [6.45, 7) is 0.209. The van der Waals surface area contributed by atoms with Gasteiger partial charge in [0.2, 0.25) is 0 Å². The fourth-order valence-corrected chi connectivity index (χ4v) is 1.93. The van der Waals surface area contributed by atoms with Crippen molar-refractivity contribution in [3.63, 3.8) is 0 Å². The van der Waals surface area contributed by atoms with Crippen LogP contribution in [0.3, 0.4) is 0 Å². The van der Waals surface area contributed by atoms with Crippen LogP contribution in [0.15, 0.2) is 29.2 Å². The number of rotatable bonds is 5. The summed E-state index contributed by atoms with van der Waals surface area (Å²) >= 11 is 0. The van der Waals surface area contributed by atoms with E-state index in [-0.39, 0.29) is 4.90 Å². The third-order valence-electron chi connectivity index (χ3n) is 1.90. The number of alkyl halides is 1. The van der Waals surface area contributed by atoms with E-state index in [0.29, 0.717) is 0 Å². The molecule has 0 bridgehead atoms. The smallest absolute Gasteiger partial charge is 0.297 e. The van der Waals surface area contributed by atoms with Gasteiger partial charge in [-0.1, -0.05) is 17.7 Å². The molecule has 0 saturated heterocycles. The van der Waals surface area contributed by atoms with Gasteiger partial charge in [-0.15, -0.1) is 0 Å². The molecule has 0 amide bonds. The second-order valence-corrected chi connectivity index (χ2v) is 4.98. The first-order valence-electron chi connectivity index (χ1n) is 4.66. The van der Waals surface area contributed by atoms with Crippen molar-refractivity contribution < 1.29 is 22.1 Å². The van der Waals surface area contributed by atoms with Gasteiger partial charge < -0.3 is 5.11 Å². The van der Waals surface area contributed by atoms with Crippen LogP contribution in [0.4, 0.5) is 4.39 Å². The van der Waals surface area contributed by atoms with Crippen LogP contribution in [-0.4, -0.2) is 32.9 Å². The number of aliphatic hydroxyl groups is 1. The Morgan fingerprint density at radius 3 is 2.44 bits per heavy atom. The summed E-state index contributed by atoms with van der Waals surface area (Å²) in [6.07, 6.45) is -1.42. The Hall–Kier alpha value is -0.980. The molecule has 1 rings (SSSR count). The van der Waals surface area contributed by atoms with E-state index in [1.54, 1.807) is 12.1 Å². The molecule has 4 nitrogen and oxygen atoms in total. The van der Waals surface area contributed by atoms with Crippen molar-refractivity contribution in [2.75, 3.05) is 13.3 Å². The van der Waals surface area contributed by atoms with Crippen molar-refractivity contribution in [3.8, 4) is 0 Å². The summed E-state index contributed by atoms with van der Waals surface area (Å²) in [5.41, 5.74) is 0.919. The predicted molar refractivity (Wildman–Crippen MR) is 56.3 cm³/mol. The summed E-state index contributed by atoms with van der Waals surface area (Å²) < 4.78 is 39.4. The zero-order valence-electron chi connectivity index (χ0n) is 8.76. The largest absolute Gasteiger partial charge is 0.388 e. The second kappa shape index (κ2) is 5.38. The van der Waals surface area contributed by atoms with Gasteiger partial charge in [0.1, 0.15) is 12.8 Å². The average Bonchev–Trinajstić information content (AvgIpc) is 2.26. The maximum absolute atomic E-state index is 11.9. The molecule has 0 spiro atoms. The minimum absolute atomic E-state index is 0.0100. The molecule has 0 fully saturated rings. The first-order chi connectivity index (χ1) is 7.45. The van der Waals surface area contributed by atoms with Crippen molar-refractivity contribution >= 4 is 10.1 Å². The topological polar surface area (TPSA) is 63.6 Å². The summed E-state index contributed by atoms with van der Waals surface area (Å²) in [4.78, 5) is -0.0100. The molecule has 90 valence electrons. The van der Waals surface area contributed by atoms with Crippen LogP contribution in [0.25, 0.3) is 0 Å². The number of hydrogen-bond donors (Lipinski definition) is 1. The van der Waals surface area contributed by atoms with Crippen LogP contribution in [0.5, 0.6) is 0 Å². The summed E-state index contributed by atoms with van der Waals surface area (Å²) in [6, 6.07) is 6.04. The summed E-state index contributed by atoms with van der Waals surface area (Å²) in [5.74, 6) is 0. The molecule has 6 heteroatoms. The number of hydrogen-bond acceptors (Lipinski definition) is 4. The summed E-state index contributed by atoms with van der Waals surface area (Å²) in [7, 11) is -3.91. The highest BCUT2D eigenvalue weighted by atomic mass is 32.2. The molecule has 0 aromatic heterocycles. The van der Waals surface area contributed by atoms with Gasteiger partial charge in [0, 0.05) is 0 Å². The Morgan fingerprint density at radius 2 is 1.94 bits per heavy atom. The Kier molecular flexibility index (Phi) is 4.40. The normalized spacial score (nSPS) is 13.7. The molecule has 0 aliphatic carbocycles. The highest BCUT2D eigenvalue weighted by Crippen LogP contribution is 2.13. The van der Waals surface area contributed by atoms with Gasteiger partial charge in [0.15, 0.2) is 0 Å². The van der Waals surface area contributed by atoms with E-state index < -0.39 is 29.5 Å². The quantitative estimate of drug-likeness (QED) is 0.790. The monoisotopic (exact) mass is 248 g/mol. The van der Waals surface area contributed by atoms with Crippen LogP contribution in [0.2, 0.25) is 0 Å². The molecule has 1 atom stereocenters. The molecule has 1 unspecified atom stereocenters. The van der Waals surface area contributed by atoms with E-state index in [4.69, 9.17) is 5.11 Å². The number of benzene rings is 1. The molecular weight excluding hydrogens is 235 g/mol. The SMILES string of the molecule is Cc1ccc(S(=O)(=O)OCC(O)CF)cc1. The molecule has 1 aromatic rings. The van der Waals surface area contributed by atoms with Crippen molar-refractivity contribution in [1.82, 2.24) is 0 Å². The third-order valence-corrected chi connectivity index (χ3v) is 3.20. The Bertz CT molecular complexity index is 427. The first kappa shape index (κ1) is 13.1. The van der Waals surface area contributed by atoms with Gasteiger partial charge in [0.25, 0.3) is 10.1 Å². The van der Waals surface area contributed by atoms with Crippen molar-refractivity contribution in [1.29, 1.82) is 0 Å². The van der Waals surface area contributed by atoms with Crippen molar-refractivity contribution in [2.45, 2.75) is 17.9 Å². The van der Waals surface area contributed by atoms with Gasteiger partial charge in [0.05, 0.1) is 11.5 Å². The van der Waals surface area contributed by atoms with E-state index in [1.165, 1.54) is 12.1 Å². The molecular formula is C10H13FO4S. The summed E-state index contributed by atoms with van der Waals surface area (Å²) in [5, 5.41) is 8.85. The Balaban J connectivity index is 2.74. The maximum atomic E-state index is 11.9. The van der Waals surface area contributed by atoms with Gasteiger partial charge in [-0.2, -0.15) is 8.42 Å². The molecule has 0 heterocycles. The lowest BCUT2D eigenvalue weighted by Gasteiger charge is -2.08. The highest BCUT2D eigenvalue weighted by molar-refractivity contribution is 7.86. The average molecular weight is 248 g/mol. The number of aliphatic hydroxyl groups excluding tert-OH is 1.